The summed E-state index contributed by atoms with van der Waals surface area (Å²) in [5.41, 5.74) is 2.08. The van der Waals surface area contributed by atoms with Crippen LogP contribution >= 0.6 is 0 Å². The van der Waals surface area contributed by atoms with Gasteiger partial charge in [0.15, 0.2) is 0 Å². The molecule has 1 unspecified atom stereocenters. The SMILES string of the molecule is CCC(CNC)c1nccc(-c2cc[nH]c2)n1. The lowest BCUT2D eigenvalue weighted by Crippen LogP contribution is -2.18. The molecule has 0 amide bonds. The fourth-order valence-electron chi connectivity index (χ4n) is 1.88. The van der Waals surface area contributed by atoms with E-state index in [1.54, 1.807) is 0 Å². The second kappa shape index (κ2) is 5.59. The summed E-state index contributed by atoms with van der Waals surface area (Å²) >= 11 is 0. The summed E-state index contributed by atoms with van der Waals surface area (Å²) in [5.74, 6) is 1.29. The van der Waals surface area contributed by atoms with E-state index in [0.717, 1.165) is 30.0 Å². The second-order valence-electron chi connectivity index (χ2n) is 4.06. The Kier molecular flexibility index (Phi) is 3.88. The third-order valence-corrected chi connectivity index (χ3v) is 2.88. The van der Waals surface area contributed by atoms with Crippen LogP contribution in [-0.4, -0.2) is 28.5 Å². The number of hydrogen-bond donors (Lipinski definition) is 2. The van der Waals surface area contributed by atoms with Crippen LogP contribution in [-0.2, 0) is 0 Å². The van der Waals surface area contributed by atoms with E-state index in [-0.39, 0.29) is 0 Å². The molecule has 1 atom stereocenters. The Balaban J connectivity index is 2.27. The van der Waals surface area contributed by atoms with Crippen LogP contribution in [0.3, 0.4) is 0 Å². The van der Waals surface area contributed by atoms with Gasteiger partial charge in [0, 0.05) is 36.6 Å². The molecule has 90 valence electrons. The van der Waals surface area contributed by atoms with Crippen molar-refractivity contribution in [3.05, 3.63) is 36.5 Å². The number of H-pyrrole nitrogens is 1. The first-order valence-corrected chi connectivity index (χ1v) is 5.95. The van der Waals surface area contributed by atoms with Crippen molar-refractivity contribution in [2.45, 2.75) is 19.3 Å². The first-order chi connectivity index (χ1) is 8.35. The first-order valence-electron chi connectivity index (χ1n) is 5.95. The van der Waals surface area contributed by atoms with E-state index in [4.69, 9.17) is 0 Å². The Morgan fingerprint density at radius 2 is 2.29 bits per heavy atom. The molecule has 0 aliphatic rings. The number of aromatic amines is 1. The minimum atomic E-state index is 0.374. The lowest BCUT2D eigenvalue weighted by Gasteiger charge is -2.13. The summed E-state index contributed by atoms with van der Waals surface area (Å²) in [6.45, 7) is 3.07. The number of aromatic nitrogens is 3. The summed E-state index contributed by atoms with van der Waals surface area (Å²) < 4.78 is 0. The van der Waals surface area contributed by atoms with Crippen molar-refractivity contribution in [3.8, 4) is 11.3 Å². The van der Waals surface area contributed by atoms with Crippen molar-refractivity contribution in [1.29, 1.82) is 0 Å². The number of rotatable bonds is 5. The van der Waals surface area contributed by atoms with Gasteiger partial charge in [0.1, 0.15) is 5.82 Å². The standard InChI is InChI=1S/C13H18N4/c1-3-10(8-14-2)13-16-7-5-12(17-13)11-4-6-15-9-11/h4-7,9-10,14-15H,3,8H2,1-2H3. The van der Waals surface area contributed by atoms with Crippen molar-refractivity contribution in [1.82, 2.24) is 20.3 Å². The highest BCUT2D eigenvalue weighted by atomic mass is 14.9. The van der Waals surface area contributed by atoms with Crippen molar-refractivity contribution in [2.24, 2.45) is 0 Å². The number of nitrogens with one attached hydrogen (secondary N) is 2. The molecular formula is C13H18N4. The molecule has 0 bridgehead atoms. The van der Waals surface area contributed by atoms with Gasteiger partial charge >= 0.3 is 0 Å². The fourth-order valence-corrected chi connectivity index (χ4v) is 1.88. The van der Waals surface area contributed by atoms with Gasteiger partial charge in [0.2, 0.25) is 0 Å². The summed E-state index contributed by atoms with van der Waals surface area (Å²) in [6.07, 6.45) is 6.73. The third kappa shape index (κ3) is 2.71. The van der Waals surface area contributed by atoms with Gasteiger partial charge in [-0.25, -0.2) is 9.97 Å². The van der Waals surface area contributed by atoms with Gasteiger partial charge < -0.3 is 10.3 Å². The highest BCUT2D eigenvalue weighted by Gasteiger charge is 2.12. The van der Waals surface area contributed by atoms with Gasteiger partial charge in [0.25, 0.3) is 0 Å². The van der Waals surface area contributed by atoms with Crippen molar-refractivity contribution in [2.75, 3.05) is 13.6 Å². The molecule has 2 aromatic rings. The molecule has 2 rings (SSSR count). The highest BCUT2D eigenvalue weighted by molar-refractivity contribution is 5.57. The molecule has 2 aromatic heterocycles. The smallest absolute Gasteiger partial charge is 0.133 e. The van der Waals surface area contributed by atoms with Crippen LogP contribution in [0.4, 0.5) is 0 Å². The Bertz CT molecular complexity index is 450. The van der Waals surface area contributed by atoms with Crippen LogP contribution in [0.1, 0.15) is 25.1 Å². The average molecular weight is 230 g/mol. The van der Waals surface area contributed by atoms with Gasteiger partial charge in [-0.1, -0.05) is 6.92 Å². The van der Waals surface area contributed by atoms with Gasteiger partial charge in [0.05, 0.1) is 5.69 Å². The van der Waals surface area contributed by atoms with Gasteiger partial charge in [-0.3, -0.25) is 0 Å². The van der Waals surface area contributed by atoms with Crippen LogP contribution in [0.25, 0.3) is 11.3 Å². The quantitative estimate of drug-likeness (QED) is 0.827. The highest BCUT2D eigenvalue weighted by Crippen LogP contribution is 2.19. The fraction of sp³-hybridized carbons (Fsp3) is 0.385. The minimum absolute atomic E-state index is 0.374. The van der Waals surface area contributed by atoms with E-state index in [0.29, 0.717) is 5.92 Å². The van der Waals surface area contributed by atoms with Crippen molar-refractivity contribution >= 4 is 0 Å². The van der Waals surface area contributed by atoms with Gasteiger partial charge in [-0.15, -0.1) is 0 Å². The summed E-state index contributed by atoms with van der Waals surface area (Å²) in [4.78, 5) is 12.1. The molecule has 4 nitrogen and oxygen atoms in total. The third-order valence-electron chi connectivity index (χ3n) is 2.88. The lowest BCUT2D eigenvalue weighted by molar-refractivity contribution is 0.580. The maximum absolute atomic E-state index is 4.63. The van der Waals surface area contributed by atoms with E-state index in [1.165, 1.54) is 0 Å². The summed E-state index contributed by atoms with van der Waals surface area (Å²) in [6, 6.07) is 3.96. The Morgan fingerprint density at radius 3 is 2.94 bits per heavy atom. The van der Waals surface area contributed by atoms with Gasteiger partial charge in [-0.05, 0) is 25.6 Å². The maximum Gasteiger partial charge on any atom is 0.133 e. The number of nitrogens with zero attached hydrogens (tertiary/aromatic N) is 2. The lowest BCUT2D eigenvalue weighted by atomic mass is 10.1. The van der Waals surface area contributed by atoms with Crippen LogP contribution in [0.2, 0.25) is 0 Å². The van der Waals surface area contributed by atoms with E-state index < -0.39 is 0 Å². The molecule has 0 saturated carbocycles. The predicted molar refractivity (Wildman–Crippen MR) is 68.8 cm³/mol. The average Bonchev–Trinajstić information content (AvgIpc) is 2.90. The van der Waals surface area contributed by atoms with E-state index >= 15 is 0 Å². The molecule has 0 saturated heterocycles. The number of hydrogen-bond acceptors (Lipinski definition) is 3. The van der Waals surface area contributed by atoms with E-state index in [2.05, 4.69) is 27.2 Å². The molecule has 2 N–H and O–H groups in total. The monoisotopic (exact) mass is 230 g/mol. The molecule has 2 heterocycles. The van der Waals surface area contributed by atoms with Crippen molar-refractivity contribution in [3.63, 3.8) is 0 Å². The zero-order chi connectivity index (χ0) is 12.1. The zero-order valence-corrected chi connectivity index (χ0v) is 10.3. The molecule has 0 spiro atoms. The van der Waals surface area contributed by atoms with Crippen LogP contribution < -0.4 is 5.32 Å². The predicted octanol–water partition coefficient (Wildman–Crippen LogP) is 2.18. The van der Waals surface area contributed by atoms with Gasteiger partial charge in [-0.2, -0.15) is 0 Å². The molecule has 4 heteroatoms. The molecule has 0 aromatic carbocycles. The normalized spacial score (nSPS) is 12.6. The van der Waals surface area contributed by atoms with Crippen LogP contribution in [0.5, 0.6) is 0 Å². The summed E-state index contributed by atoms with van der Waals surface area (Å²) in [7, 11) is 1.96. The zero-order valence-electron chi connectivity index (χ0n) is 10.3. The molecule has 0 aliphatic heterocycles. The molecule has 0 aliphatic carbocycles. The topological polar surface area (TPSA) is 53.6 Å². The molecule has 0 fully saturated rings. The Labute approximate surface area is 102 Å². The van der Waals surface area contributed by atoms with E-state index in [9.17, 15) is 0 Å². The van der Waals surface area contributed by atoms with Crippen molar-refractivity contribution < 1.29 is 0 Å². The Morgan fingerprint density at radius 1 is 1.41 bits per heavy atom. The second-order valence-corrected chi connectivity index (χ2v) is 4.06. The maximum atomic E-state index is 4.63. The molecule has 17 heavy (non-hydrogen) atoms. The molecular weight excluding hydrogens is 212 g/mol. The van der Waals surface area contributed by atoms with Crippen LogP contribution in [0.15, 0.2) is 30.7 Å². The van der Waals surface area contributed by atoms with E-state index in [1.807, 2.05) is 37.8 Å². The molecule has 0 radical (unpaired) electrons. The minimum Gasteiger partial charge on any atom is -0.367 e. The van der Waals surface area contributed by atoms with Crippen LogP contribution in [0, 0.1) is 0 Å². The summed E-state index contributed by atoms with van der Waals surface area (Å²) in [5, 5.41) is 3.19. The number of likely N-dealkylation sites (N-methyl/N-ethyl adjacent to an activating group) is 1. The first kappa shape index (κ1) is 11.8. The Hall–Kier alpha value is -1.68. The largest absolute Gasteiger partial charge is 0.367 e.